The third-order valence-corrected chi connectivity index (χ3v) is 10.7. The van der Waals surface area contributed by atoms with E-state index < -0.39 is 0 Å². The Morgan fingerprint density at radius 3 is 0.585 bits per heavy atom. The predicted octanol–water partition coefficient (Wildman–Crippen LogP) is 20.7. The molecule has 0 aromatic carbocycles. The third kappa shape index (κ3) is 44.6. The fourth-order valence-corrected chi connectivity index (χ4v) is 10.1. The van der Waals surface area contributed by atoms with Gasteiger partial charge in [0.05, 0.1) is 0 Å². The summed E-state index contributed by atoms with van der Waals surface area (Å²) in [5.41, 5.74) is 0.461. The van der Waals surface area contributed by atoms with Crippen LogP contribution in [0.1, 0.15) is 250 Å². The molecule has 53 heavy (non-hydrogen) atoms. The average Bonchev–Trinajstić information content (AvgIpc) is 2.81. The third-order valence-electron chi connectivity index (χ3n) is 10.7. The summed E-state index contributed by atoms with van der Waals surface area (Å²) in [5, 5.41) is 0. The molecular weight excluding hydrogens is 637 g/mol. The minimum Gasteiger partial charge on any atom is -0.0776 e. The van der Waals surface area contributed by atoms with Crippen LogP contribution in [-0.4, -0.2) is 0 Å². The van der Waals surface area contributed by atoms with Gasteiger partial charge in [0, 0.05) is 0 Å². The van der Waals surface area contributed by atoms with E-state index in [4.69, 9.17) is 0 Å². The molecule has 0 aromatic rings. The van der Waals surface area contributed by atoms with Crippen LogP contribution in [0.2, 0.25) is 0 Å². The molecule has 0 aromatic heterocycles. The zero-order chi connectivity index (χ0) is 39.9. The van der Waals surface area contributed by atoms with Gasteiger partial charge in [-0.25, -0.2) is 0 Å². The van der Waals surface area contributed by atoms with Crippen molar-refractivity contribution >= 4 is 0 Å². The molecule has 0 spiro atoms. The Hall–Kier alpha value is 0. The molecule has 0 aliphatic heterocycles. The summed E-state index contributed by atoms with van der Waals surface area (Å²) in [6, 6.07) is 0. The molecule has 0 aliphatic rings. The van der Waals surface area contributed by atoms with Gasteiger partial charge in [0.1, 0.15) is 0 Å². The van der Waals surface area contributed by atoms with Gasteiger partial charge in [-0.05, 0) is 107 Å². The zero-order valence-corrected chi connectivity index (χ0v) is 39.9. The first-order valence-electron chi connectivity index (χ1n) is 21.4. The van der Waals surface area contributed by atoms with Gasteiger partial charge in [0.25, 0.3) is 0 Å². The van der Waals surface area contributed by atoms with E-state index in [1.54, 1.807) is 0 Å². The summed E-state index contributed by atoms with van der Waals surface area (Å²) in [5.74, 6) is 13.7. The molecule has 0 nitrogen and oxygen atoms in total. The van der Waals surface area contributed by atoms with Crippen molar-refractivity contribution in [1.82, 2.24) is 0 Å². The topological polar surface area (TPSA) is 0 Å². The van der Waals surface area contributed by atoms with Crippen LogP contribution in [0.15, 0.2) is 0 Å². The minimum atomic E-state index is 0. The summed E-state index contributed by atoms with van der Waals surface area (Å²) in [6.45, 7) is 64.9. The molecule has 0 N–H and O–H groups in total. The summed E-state index contributed by atoms with van der Waals surface area (Å²) >= 11 is 0. The normalized spacial score (nSPS) is 11.8. The lowest BCUT2D eigenvalue weighted by Gasteiger charge is -2.37. The van der Waals surface area contributed by atoms with Crippen LogP contribution in [0.4, 0.5) is 0 Å². The first kappa shape index (κ1) is 77.5. The average molecular weight is 764 g/mol. The van der Waals surface area contributed by atoms with Gasteiger partial charge in [0.2, 0.25) is 0 Å². The Balaban J connectivity index is -0.0000000536. The molecule has 0 radical (unpaired) electrons. The van der Waals surface area contributed by atoms with Crippen molar-refractivity contribution in [2.75, 3.05) is 0 Å². The molecule has 0 amide bonds. The van der Waals surface area contributed by atoms with E-state index in [-0.39, 0.29) is 37.1 Å². The monoisotopic (exact) mass is 763 g/mol. The first-order chi connectivity index (χ1) is 21.4. The van der Waals surface area contributed by atoms with E-state index in [0.29, 0.717) is 5.41 Å². The summed E-state index contributed by atoms with van der Waals surface area (Å²) in [6.07, 6.45) is 4.01. The second-order valence-corrected chi connectivity index (χ2v) is 20.7. The number of rotatable bonds is 14. The van der Waals surface area contributed by atoms with Gasteiger partial charge in [-0.15, -0.1) is 0 Å². The van der Waals surface area contributed by atoms with Crippen LogP contribution in [-0.2, 0) is 0 Å². The van der Waals surface area contributed by atoms with Gasteiger partial charge in [0.15, 0.2) is 0 Å². The first-order valence-corrected chi connectivity index (χ1v) is 21.4. The Kier molecular flexibility index (Phi) is 60.9. The van der Waals surface area contributed by atoms with Crippen molar-refractivity contribution < 1.29 is 0 Å². The highest BCUT2D eigenvalue weighted by Crippen LogP contribution is 2.37. The van der Waals surface area contributed by atoms with E-state index in [2.05, 4.69) is 194 Å². The van der Waals surface area contributed by atoms with E-state index in [1.807, 2.05) is 0 Å². The summed E-state index contributed by atoms with van der Waals surface area (Å²) in [7, 11) is 0. The van der Waals surface area contributed by atoms with E-state index in [1.165, 1.54) is 19.3 Å². The lowest BCUT2D eigenvalue weighted by Crippen LogP contribution is -2.29. The fraction of sp³-hybridized carbons (Fsp3) is 1.00. The van der Waals surface area contributed by atoms with Crippen LogP contribution in [0, 0.1) is 100 Å². The van der Waals surface area contributed by atoms with Crippen molar-refractivity contribution in [3.8, 4) is 0 Å². The van der Waals surface area contributed by atoms with Crippen LogP contribution in [0.3, 0.4) is 0 Å². The molecule has 0 bridgehead atoms. The second kappa shape index (κ2) is 41.6. The van der Waals surface area contributed by atoms with Crippen molar-refractivity contribution in [2.24, 2.45) is 100 Å². The van der Waals surface area contributed by atoms with E-state index in [0.717, 1.165) is 94.7 Å². The van der Waals surface area contributed by atoms with E-state index in [9.17, 15) is 0 Å². The quantitative estimate of drug-likeness (QED) is 0.165. The van der Waals surface area contributed by atoms with E-state index >= 15 is 0 Å². The Morgan fingerprint density at radius 1 is 0.321 bits per heavy atom. The molecule has 1 unspecified atom stereocenters. The molecule has 0 fully saturated rings. The highest BCUT2D eigenvalue weighted by atomic mass is 14.3. The SMILES string of the molecule is C.C.C.C.C.CC(C)C(C(C)C)C(C)(C)C.CC(C)C(C(C)C)C(C)C.CC(C)CC(C)C.CCC(C(C)C)C(C)C.CCC(C)C(C(C)C)C(C)C. The molecule has 1 atom stereocenters. The maximum absolute atomic E-state index is 2.38. The Bertz CT molecular complexity index is 584. The number of hydrogen-bond donors (Lipinski definition) is 0. The van der Waals surface area contributed by atoms with Gasteiger partial charge < -0.3 is 0 Å². The molecular formula is C53H126. The largest absolute Gasteiger partial charge is 0.0776 e. The molecule has 0 saturated heterocycles. The van der Waals surface area contributed by atoms with Crippen LogP contribution >= 0.6 is 0 Å². The van der Waals surface area contributed by atoms with Crippen LogP contribution < -0.4 is 0 Å². The maximum Gasteiger partial charge on any atom is -0.0319 e. The van der Waals surface area contributed by atoms with Crippen molar-refractivity contribution in [3.05, 3.63) is 0 Å². The maximum atomic E-state index is 2.38. The number of hydrogen-bond acceptors (Lipinski definition) is 0. The minimum absolute atomic E-state index is 0. The Morgan fingerprint density at radius 2 is 0.566 bits per heavy atom. The lowest BCUT2D eigenvalue weighted by atomic mass is 9.69. The van der Waals surface area contributed by atoms with Crippen LogP contribution in [0.25, 0.3) is 0 Å². The van der Waals surface area contributed by atoms with Gasteiger partial charge in [-0.1, -0.05) is 244 Å². The molecule has 0 rings (SSSR count). The molecule has 0 saturated carbocycles. The molecule has 0 aliphatic carbocycles. The van der Waals surface area contributed by atoms with Gasteiger partial charge in [-0.2, -0.15) is 0 Å². The highest BCUT2D eigenvalue weighted by Gasteiger charge is 2.29. The summed E-state index contributed by atoms with van der Waals surface area (Å²) in [4.78, 5) is 0. The standard InChI is InChI=1S/2C11H24.C10H22.C9H20.C7H16.5CH4/c1-8(2)10(9(3)4)11(5,6)7;1-7-10(6)11(8(2)3)9(4)5;1-7(2)10(8(3)4)9(5)6;1-6-9(7(2)3)8(4)5;1-6(2)5-7(3)4;;;;;/h8-10H,1-7H3;8-11H,7H2,1-6H3;7-10H,1-6H3;7-9H,6H2,1-5H3;6-7H,5H2,1-4H3;5*1H4. The van der Waals surface area contributed by atoms with Crippen molar-refractivity contribution in [2.45, 2.75) is 250 Å². The fourth-order valence-electron chi connectivity index (χ4n) is 10.1. The Labute approximate surface area is 349 Å². The zero-order valence-electron chi connectivity index (χ0n) is 39.9. The predicted molar refractivity (Wildman–Crippen MR) is 265 cm³/mol. The highest BCUT2D eigenvalue weighted by molar-refractivity contribution is 4.79. The van der Waals surface area contributed by atoms with Gasteiger partial charge in [-0.3, -0.25) is 0 Å². The lowest BCUT2D eigenvalue weighted by molar-refractivity contribution is 0.124. The molecule has 0 heteroatoms. The molecule has 0 heterocycles. The summed E-state index contributed by atoms with van der Waals surface area (Å²) < 4.78 is 0. The van der Waals surface area contributed by atoms with Crippen molar-refractivity contribution in [1.29, 1.82) is 0 Å². The second-order valence-electron chi connectivity index (χ2n) is 20.7. The van der Waals surface area contributed by atoms with Crippen LogP contribution in [0.5, 0.6) is 0 Å². The van der Waals surface area contributed by atoms with Gasteiger partial charge >= 0.3 is 0 Å². The van der Waals surface area contributed by atoms with Crippen molar-refractivity contribution in [3.63, 3.8) is 0 Å². The molecule has 338 valence electrons. The smallest absolute Gasteiger partial charge is 0.0319 e.